The largest absolute Gasteiger partial charge is 0.379 e. The highest BCUT2D eigenvalue weighted by Crippen LogP contribution is 2.28. The van der Waals surface area contributed by atoms with Crippen LogP contribution in [0.4, 0.5) is 0 Å². The Hall–Kier alpha value is -1.11. The molecule has 1 saturated heterocycles. The van der Waals surface area contributed by atoms with E-state index in [4.69, 9.17) is 4.74 Å². The van der Waals surface area contributed by atoms with Crippen molar-refractivity contribution in [3.8, 4) is 0 Å². The zero-order valence-electron chi connectivity index (χ0n) is 16.4. The van der Waals surface area contributed by atoms with Gasteiger partial charge >= 0.3 is 0 Å². The van der Waals surface area contributed by atoms with Gasteiger partial charge in [-0.1, -0.05) is 28.1 Å². The lowest BCUT2D eigenvalue weighted by Crippen LogP contribution is -2.48. The number of benzene rings is 1. The van der Waals surface area contributed by atoms with Gasteiger partial charge in [0.05, 0.1) is 13.2 Å². The van der Waals surface area contributed by atoms with Crippen molar-refractivity contribution in [2.24, 2.45) is 10.9 Å². The minimum absolute atomic E-state index is 0.497. The van der Waals surface area contributed by atoms with Gasteiger partial charge in [-0.25, -0.2) is 0 Å². The molecule has 1 aliphatic carbocycles. The average molecular weight is 437 g/mol. The lowest BCUT2D eigenvalue weighted by molar-refractivity contribution is 0.131. The number of rotatable bonds is 9. The van der Waals surface area contributed by atoms with Crippen molar-refractivity contribution < 1.29 is 4.74 Å². The summed E-state index contributed by atoms with van der Waals surface area (Å²) in [6.45, 7) is 8.64. The van der Waals surface area contributed by atoms with Crippen LogP contribution in [-0.4, -0.2) is 56.3 Å². The van der Waals surface area contributed by atoms with E-state index in [-0.39, 0.29) is 0 Å². The SMILES string of the molecule is CCNC(=NCCOCC1CC1)NC1CCN(Cc2ccc(Br)cc2)CC1. The summed E-state index contributed by atoms with van der Waals surface area (Å²) >= 11 is 3.50. The molecule has 0 atom stereocenters. The third kappa shape index (κ3) is 7.80. The molecule has 3 rings (SSSR count). The summed E-state index contributed by atoms with van der Waals surface area (Å²) in [5, 5.41) is 6.97. The first kappa shape index (κ1) is 20.6. The summed E-state index contributed by atoms with van der Waals surface area (Å²) in [5.41, 5.74) is 1.38. The van der Waals surface area contributed by atoms with E-state index in [1.54, 1.807) is 0 Å². The number of hydrogen-bond donors (Lipinski definition) is 2. The molecule has 150 valence electrons. The third-order valence-electron chi connectivity index (χ3n) is 5.15. The van der Waals surface area contributed by atoms with Gasteiger partial charge < -0.3 is 15.4 Å². The quantitative estimate of drug-likeness (QED) is 0.353. The van der Waals surface area contributed by atoms with Crippen molar-refractivity contribution >= 4 is 21.9 Å². The Morgan fingerprint density at radius 2 is 1.93 bits per heavy atom. The average Bonchev–Trinajstić information content (AvgIpc) is 3.49. The monoisotopic (exact) mass is 436 g/mol. The van der Waals surface area contributed by atoms with E-state index in [1.807, 2.05) is 0 Å². The number of hydrogen-bond acceptors (Lipinski definition) is 3. The van der Waals surface area contributed by atoms with E-state index in [0.29, 0.717) is 6.04 Å². The van der Waals surface area contributed by atoms with Crippen molar-refractivity contribution in [3.63, 3.8) is 0 Å². The first-order valence-electron chi connectivity index (χ1n) is 10.3. The number of nitrogens with one attached hydrogen (secondary N) is 2. The number of ether oxygens (including phenoxy) is 1. The van der Waals surface area contributed by atoms with E-state index in [2.05, 4.69) is 67.6 Å². The molecular formula is C21H33BrN4O. The Labute approximate surface area is 172 Å². The van der Waals surface area contributed by atoms with Gasteiger partial charge in [-0.3, -0.25) is 9.89 Å². The van der Waals surface area contributed by atoms with Crippen LogP contribution in [0.1, 0.15) is 38.2 Å². The molecule has 2 fully saturated rings. The predicted molar refractivity (Wildman–Crippen MR) is 115 cm³/mol. The number of guanidine groups is 1. The van der Waals surface area contributed by atoms with Gasteiger partial charge in [0.25, 0.3) is 0 Å². The van der Waals surface area contributed by atoms with E-state index in [1.165, 1.54) is 18.4 Å². The molecule has 5 nitrogen and oxygen atoms in total. The van der Waals surface area contributed by atoms with E-state index >= 15 is 0 Å². The molecule has 1 aliphatic heterocycles. The van der Waals surface area contributed by atoms with Crippen LogP contribution in [0.15, 0.2) is 33.7 Å². The first-order chi connectivity index (χ1) is 13.2. The summed E-state index contributed by atoms with van der Waals surface area (Å²) < 4.78 is 6.82. The number of halogens is 1. The van der Waals surface area contributed by atoms with E-state index in [0.717, 1.165) is 75.1 Å². The molecule has 0 unspecified atom stereocenters. The topological polar surface area (TPSA) is 48.9 Å². The van der Waals surface area contributed by atoms with Gasteiger partial charge in [0, 0.05) is 43.3 Å². The van der Waals surface area contributed by atoms with E-state index in [9.17, 15) is 0 Å². The predicted octanol–water partition coefficient (Wildman–Crippen LogP) is 3.40. The van der Waals surface area contributed by atoms with Gasteiger partial charge in [-0.2, -0.15) is 0 Å². The molecule has 2 N–H and O–H groups in total. The van der Waals surface area contributed by atoms with Gasteiger partial charge in [0.2, 0.25) is 0 Å². The van der Waals surface area contributed by atoms with Gasteiger partial charge in [0.1, 0.15) is 0 Å². The lowest BCUT2D eigenvalue weighted by atomic mass is 10.0. The standard InChI is InChI=1S/C21H33BrN4O/c1-2-23-21(24-11-14-27-16-18-3-4-18)25-20-9-12-26(13-10-20)15-17-5-7-19(22)8-6-17/h5-8,18,20H,2-4,9-16H2,1H3,(H2,23,24,25). The summed E-state index contributed by atoms with van der Waals surface area (Å²) in [6.07, 6.45) is 4.99. The van der Waals surface area contributed by atoms with Crippen LogP contribution in [-0.2, 0) is 11.3 Å². The molecule has 1 aromatic rings. The second kappa shape index (κ2) is 11.0. The van der Waals surface area contributed by atoms with Crippen molar-refractivity contribution in [1.82, 2.24) is 15.5 Å². The van der Waals surface area contributed by atoms with Crippen LogP contribution in [0, 0.1) is 5.92 Å². The zero-order valence-corrected chi connectivity index (χ0v) is 18.0. The maximum Gasteiger partial charge on any atom is 0.191 e. The molecule has 0 spiro atoms. The minimum Gasteiger partial charge on any atom is -0.379 e. The number of aliphatic imine (C=N–C) groups is 1. The van der Waals surface area contributed by atoms with Gasteiger partial charge in [0.15, 0.2) is 5.96 Å². The summed E-state index contributed by atoms with van der Waals surface area (Å²) in [5.74, 6) is 1.75. The lowest BCUT2D eigenvalue weighted by Gasteiger charge is -2.33. The van der Waals surface area contributed by atoms with Crippen LogP contribution in [0.5, 0.6) is 0 Å². The maximum atomic E-state index is 5.68. The summed E-state index contributed by atoms with van der Waals surface area (Å²) in [7, 11) is 0. The van der Waals surface area contributed by atoms with Crippen molar-refractivity contribution in [1.29, 1.82) is 0 Å². The number of likely N-dealkylation sites (tertiary alicyclic amines) is 1. The highest BCUT2D eigenvalue weighted by molar-refractivity contribution is 9.10. The second-order valence-electron chi connectivity index (χ2n) is 7.60. The van der Waals surface area contributed by atoms with Crippen LogP contribution in [0.2, 0.25) is 0 Å². The maximum absolute atomic E-state index is 5.68. The summed E-state index contributed by atoms with van der Waals surface area (Å²) in [4.78, 5) is 7.21. The molecule has 0 radical (unpaired) electrons. The Bertz CT molecular complexity index is 580. The van der Waals surface area contributed by atoms with Crippen molar-refractivity contribution in [2.45, 2.75) is 45.2 Å². The van der Waals surface area contributed by atoms with Crippen molar-refractivity contribution in [3.05, 3.63) is 34.3 Å². The smallest absolute Gasteiger partial charge is 0.191 e. The third-order valence-corrected chi connectivity index (χ3v) is 5.68. The molecule has 2 aliphatic rings. The first-order valence-corrected chi connectivity index (χ1v) is 11.1. The Balaban J connectivity index is 1.36. The number of piperidine rings is 1. The van der Waals surface area contributed by atoms with Crippen LogP contribution < -0.4 is 10.6 Å². The van der Waals surface area contributed by atoms with Crippen LogP contribution in [0.3, 0.4) is 0 Å². The van der Waals surface area contributed by atoms with Gasteiger partial charge in [-0.15, -0.1) is 0 Å². The highest BCUT2D eigenvalue weighted by Gasteiger charge is 2.21. The molecule has 0 aromatic heterocycles. The van der Waals surface area contributed by atoms with E-state index < -0.39 is 0 Å². The molecule has 6 heteroatoms. The minimum atomic E-state index is 0.497. The fourth-order valence-electron chi connectivity index (χ4n) is 3.35. The highest BCUT2D eigenvalue weighted by atomic mass is 79.9. The normalized spacial score (nSPS) is 19.3. The molecule has 27 heavy (non-hydrogen) atoms. The molecule has 0 bridgehead atoms. The van der Waals surface area contributed by atoms with Crippen LogP contribution >= 0.6 is 15.9 Å². The number of nitrogens with zero attached hydrogens (tertiary/aromatic N) is 2. The Morgan fingerprint density at radius 1 is 1.19 bits per heavy atom. The zero-order chi connectivity index (χ0) is 18.9. The molecule has 1 heterocycles. The van der Waals surface area contributed by atoms with Crippen LogP contribution in [0.25, 0.3) is 0 Å². The Morgan fingerprint density at radius 3 is 2.59 bits per heavy atom. The van der Waals surface area contributed by atoms with Crippen molar-refractivity contribution in [2.75, 3.05) is 39.4 Å². The molecule has 1 aromatic carbocycles. The fraction of sp³-hybridized carbons (Fsp3) is 0.667. The Kier molecular flexibility index (Phi) is 8.42. The second-order valence-corrected chi connectivity index (χ2v) is 8.52. The molecule has 1 saturated carbocycles. The molecular weight excluding hydrogens is 404 g/mol. The fourth-order valence-corrected chi connectivity index (χ4v) is 3.62. The molecule has 0 amide bonds. The van der Waals surface area contributed by atoms with Gasteiger partial charge in [-0.05, 0) is 56.2 Å². The summed E-state index contributed by atoms with van der Waals surface area (Å²) in [6, 6.07) is 9.15.